The standard InChI is InChI=1S/C19H21N3O7S2/c1-21(30(3,25)26)14-6-4-5-13(11-14)20-31(27,28)15-7-8-17(29-2)16(12-15)22-18(23)9-10-19(22)24/h4-8,11-12,20H,9-10H2,1-3H3. The number of imide groups is 1. The minimum atomic E-state index is -4.13. The largest absolute Gasteiger partial charge is 0.495 e. The zero-order chi connectivity index (χ0) is 23.0. The number of amides is 2. The molecule has 2 amide bonds. The van der Waals surface area contributed by atoms with E-state index in [0.29, 0.717) is 0 Å². The number of carbonyl (C=O) groups excluding carboxylic acids is 2. The Morgan fingerprint density at radius 1 is 1.00 bits per heavy atom. The molecule has 1 saturated heterocycles. The van der Waals surface area contributed by atoms with Gasteiger partial charge in [0.05, 0.1) is 35.3 Å². The van der Waals surface area contributed by atoms with Crippen molar-refractivity contribution in [3.8, 4) is 5.75 Å². The number of rotatable bonds is 7. The highest BCUT2D eigenvalue weighted by molar-refractivity contribution is 7.92. The molecule has 0 unspecified atom stereocenters. The monoisotopic (exact) mass is 467 g/mol. The third kappa shape index (κ3) is 4.64. The second-order valence-electron chi connectivity index (χ2n) is 6.84. The van der Waals surface area contributed by atoms with Gasteiger partial charge in [0.25, 0.3) is 10.0 Å². The highest BCUT2D eigenvalue weighted by Crippen LogP contribution is 2.34. The lowest BCUT2D eigenvalue weighted by Gasteiger charge is -2.19. The third-order valence-electron chi connectivity index (χ3n) is 4.71. The zero-order valence-corrected chi connectivity index (χ0v) is 18.7. The summed E-state index contributed by atoms with van der Waals surface area (Å²) in [7, 11) is -4.96. The fourth-order valence-corrected chi connectivity index (χ4v) is 4.59. The van der Waals surface area contributed by atoms with Crippen LogP contribution in [0.25, 0.3) is 0 Å². The minimum absolute atomic E-state index is 0.0395. The molecule has 166 valence electrons. The van der Waals surface area contributed by atoms with Gasteiger partial charge in [-0.05, 0) is 36.4 Å². The van der Waals surface area contributed by atoms with Crippen LogP contribution < -0.4 is 18.7 Å². The SMILES string of the molecule is COc1ccc(S(=O)(=O)Nc2cccc(N(C)S(C)(=O)=O)c2)cc1N1C(=O)CCC1=O. The quantitative estimate of drug-likeness (QED) is 0.611. The predicted molar refractivity (Wildman–Crippen MR) is 115 cm³/mol. The van der Waals surface area contributed by atoms with Crippen LogP contribution >= 0.6 is 0 Å². The first-order valence-corrected chi connectivity index (χ1v) is 12.4. The number of methoxy groups -OCH3 is 1. The van der Waals surface area contributed by atoms with Crippen LogP contribution in [0, 0.1) is 0 Å². The van der Waals surface area contributed by atoms with Gasteiger partial charge in [0.2, 0.25) is 21.8 Å². The average Bonchev–Trinajstić information content (AvgIpc) is 3.04. The molecule has 2 aromatic carbocycles. The molecule has 31 heavy (non-hydrogen) atoms. The summed E-state index contributed by atoms with van der Waals surface area (Å²) >= 11 is 0. The van der Waals surface area contributed by atoms with E-state index in [1.54, 1.807) is 0 Å². The molecule has 3 rings (SSSR count). The molecule has 0 radical (unpaired) electrons. The lowest BCUT2D eigenvalue weighted by Crippen LogP contribution is -2.29. The maximum Gasteiger partial charge on any atom is 0.261 e. The van der Waals surface area contributed by atoms with Crippen LogP contribution in [0.3, 0.4) is 0 Å². The molecule has 1 aliphatic rings. The second kappa shape index (κ2) is 8.19. The van der Waals surface area contributed by atoms with Crippen LogP contribution in [0.5, 0.6) is 5.75 Å². The van der Waals surface area contributed by atoms with E-state index in [-0.39, 0.29) is 40.5 Å². The fourth-order valence-electron chi connectivity index (χ4n) is 3.03. The Hall–Kier alpha value is -3.12. The predicted octanol–water partition coefficient (Wildman–Crippen LogP) is 1.55. The van der Waals surface area contributed by atoms with Gasteiger partial charge in [-0.25, -0.2) is 21.7 Å². The number of anilines is 3. The van der Waals surface area contributed by atoms with Crippen molar-refractivity contribution in [2.75, 3.05) is 34.3 Å². The van der Waals surface area contributed by atoms with Crippen molar-refractivity contribution >= 4 is 48.9 Å². The maximum absolute atomic E-state index is 12.9. The van der Waals surface area contributed by atoms with Crippen LogP contribution in [0.4, 0.5) is 17.1 Å². The number of benzene rings is 2. The van der Waals surface area contributed by atoms with E-state index < -0.39 is 31.9 Å². The number of ether oxygens (including phenoxy) is 1. The van der Waals surface area contributed by atoms with Crippen molar-refractivity contribution < 1.29 is 31.2 Å². The molecular weight excluding hydrogens is 446 g/mol. The van der Waals surface area contributed by atoms with E-state index in [2.05, 4.69) is 4.72 Å². The molecule has 1 fully saturated rings. The van der Waals surface area contributed by atoms with E-state index >= 15 is 0 Å². The van der Waals surface area contributed by atoms with Gasteiger partial charge >= 0.3 is 0 Å². The van der Waals surface area contributed by atoms with Crippen LogP contribution in [-0.2, 0) is 29.6 Å². The molecule has 0 bridgehead atoms. The highest BCUT2D eigenvalue weighted by atomic mass is 32.2. The van der Waals surface area contributed by atoms with Gasteiger partial charge in [0.15, 0.2) is 0 Å². The summed E-state index contributed by atoms with van der Waals surface area (Å²) in [5, 5.41) is 0. The Balaban J connectivity index is 1.97. The van der Waals surface area contributed by atoms with E-state index in [4.69, 9.17) is 4.74 Å². The van der Waals surface area contributed by atoms with Crippen molar-refractivity contribution in [1.29, 1.82) is 0 Å². The van der Waals surface area contributed by atoms with Gasteiger partial charge in [-0.3, -0.25) is 18.6 Å². The fraction of sp³-hybridized carbons (Fsp3) is 0.263. The summed E-state index contributed by atoms with van der Waals surface area (Å²) in [5.41, 5.74) is 0.452. The maximum atomic E-state index is 12.9. The van der Waals surface area contributed by atoms with E-state index in [0.717, 1.165) is 15.5 Å². The number of sulfonamides is 2. The minimum Gasteiger partial charge on any atom is -0.495 e. The Bertz CT molecular complexity index is 1240. The number of nitrogens with zero attached hydrogens (tertiary/aromatic N) is 2. The molecule has 0 aliphatic carbocycles. The molecule has 0 spiro atoms. The lowest BCUT2D eigenvalue weighted by atomic mass is 10.2. The molecule has 1 N–H and O–H groups in total. The smallest absolute Gasteiger partial charge is 0.261 e. The van der Waals surface area contributed by atoms with Gasteiger partial charge in [-0.2, -0.15) is 0 Å². The molecular formula is C19H21N3O7S2. The normalized spacial score (nSPS) is 14.6. The van der Waals surface area contributed by atoms with Crippen molar-refractivity contribution in [1.82, 2.24) is 0 Å². The Morgan fingerprint density at radius 3 is 2.23 bits per heavy atom. The topological polar surface area (TPSA) is 130 Å². The van der Waals surface area contributed by atoms with Crippen LogP contribution in [0.2, 0.25) is 0 Å². The number of hydrogen-bond acceptors (Lipinski definition) is 7. The van der Waals surface area contributed by atoms with Crippen molar-refractivity contribution in [2.45, 2.75) is 17.7 Å². The Labute approximate surface area is 180 Å². The number of carbonyl (C=O) groups is 2. The summed E-state index contributed by atoms with van der Waals surface area (Å²) in [6.07, 6.45) is 1.11. The van der Waals surface area contributed by atoms with Gasteiger partial charge in [-0.1, -0.05) is 6.07 Å². The van der Waals surface area contributed by atoms with E-state index in [9.17, 15) is 26.4 Å². The van der Waals surface area contributed by atoms with E-state index in [1.165, 1.54) is 56.6 Å². The Kier molecular flexibility index (Phi) is 5.96. The molecule has 2 aromatic rings. The molecule has 1 heterocycles. The first-order chi connectivity index (χ1) is 14.4. The zero-order valence-electron chi connectivity index (χ0n) is 17.0. The number of nitrogens with one attached hydrogen (secondary N) is 1. The highest BCUT2D eigenvalue weighted by Gasteiger charge is 2.33. The molecule has 0 atom stereocenters. The first-order valence-electron chi connectivity index (χ1n) is 9.04. The van der Waals surface area contributed by atoms with Gasteiger partial charge in [-0.15, -0.1) is 0 Å². The van der Waals surface area contributed by atoms with Crippen molar-refractivity contribution in [3.05, 3.63) is 42.5 Å². The summed E-state index contributed by atoms with van der Waals surface area (Å²) < 4.78 is 57.9. The molecule has 0 saturated carbocycles. The number of hydrogen-bond donors (Lipinski definition) is 1. The summed E-state index contributed by atoms with van der Waals surface area (Å²) in [6.45, 7) is 0. The average molecular weight is 468 g/mol. The Morgan fingerprint density at radius 2 is 1.65 bits per heavy atom. The van der Waals surface area contributed by atoms with Crippen LogP contribution in [0.1, 0.15) is 12.8 Å². The van der Waals surface area contributed by atoms with E-state index in [1.807, 2.05) is 0 Å². The molecule has 12 heteroatoms. The van der Waals surface area contributed by atoms with Crippen molar-refractivity contribution in [2.24, 2.45) is 0 Å². The van der Waals surface area contributed by atoms with Crippen molar-refractivity contribution in [3.63, 3.8) is 0 Å². The van der Waals surface area contributed by atoms with Gasteiger partial charge in [0, 0.05) is 19.9 Å². The first kappa shape index (κ1) is 22.6. The molecule has 1 aliphatic heterocycles. The lowest BCUT2D eigenvalue weighted by molar-refractivity contribution is -0.121. The second-order valence-corrected chi connectivity index (χ2v) is 10.5. The van der Waals surface area contributed by atoms with Crippen LogP contribution in [0.15, 0.2) is 47.4 Å². The van der Waals surface area contributed by atoms with Crippen LogP contribution in [-0.4, -0.2) is 49.1 Å². The molecule has 10 nitrogen and oxygen atoms in total. The third-order valence-corrected chi connectivity index (χ3v) is 7.30. The molecule has 0 aromatic heterocycles. The van der Waals surface area contributed by atoms with Gasteiger partial charge < -0.3 is 4.74 Å². The summed E-state index contributed by atoms with van der Waals surface area (Å²) in [4.78, 5) is 25.0. The summed E-state index contributed by atoms with van der Waals surface area (Å²) in [6, 6.07) is 9.70. The van der Waals surface area contributed by atoms with Gasteiger partial charge in [0.1, 0.15) is 5.75 Å². The summed E-state index contributed by atoms with van der Waals surface area (Å²) in [5.74, 6) is -0.705.